The second-order valence-corrected chi connectivity index (χ2v) is 12.8. The summed E-state index contributed by atoms with van der Waals surface area (Å²) in [5, 5.41) is 9.06. The number of nitrogens with one attached hydrogen (secondary N) is 1. The maximum absolute atomic E-state index is 3.78. The molecule has 1 N–H and O–H groups in total. The minimum Gasteiger partial charge on any atom is -0.378 e. The number of rotatable bonds is 5. The molecular weight excluding hydrogens is 565 g/mol. The van der Waals surface area contributed by atoms with Crippen molar-refractivity contribution in [3.8, 4) is 5.69 Å². The number of benzene rings is 6. The summed E-state index contributed by atoms with van der Waals surface area (Å²) in [5.41, 5.74) is 8.59. The van der Waals surface area contributed by atoms with Gasteiger partial charge in [0.15, 0.2) is 0 Å². The fourth-order valence-electron chi connectivity index (χ4n) is 7.04. The highest BCUT2D eigenvalue weighted by Crippen LogP contribution is 2.44. The van der Waals surface area contributed by atoms with Crippen molar-refractivity contribution in [3.63, 3.8) is 0 Å². The highest BCUT2D eigenvalue weighted by Gasteiger charge is 2.24. The molecule has 0 bridgehead atoms. The number of aromatic nitrogens is 1. The first-order valence-electron chi connectivity index (χ1n) is 15.5. The third kappa shape index (κ3) is 4.39. The molecule has 0 saturated heterocycles. The van der Waals surface area contributed by atoms with Gasteiger partial charge >= 0.3 is 0 Å². The maximum atomic E-state index is 3.78. The van der Waals surface area contributed by atoms with Crippen molar-refractivity contribution < 1.29 is 0 Å². The van der Waals surface area contributed by atoms with Gasteiger partial charge in [0.2, 0.25) is 0 Å². The standard InChI is InChI=1S/C42H30N2S/c1-4-12-28(13-5-1)35-26-29(20-23-37(35)43-31-14-6-2-7-15-31)30-21-24-38-36(27-30)41-39(44(38)32-16-8-3-9-17-32)25-22-34-33-18-10-11-19-40(33)45-42(34)41/h1-27,35,37,43H. The molecule has 214 valence electrons. The number of fused-ring (bicyclic) bond motifs is 7. The van der Waals surface area contributed by atoms with Gasteiger partial charge in [-0.05, 0) is 65.2 Å². The number of para-hydroxylation sites is 2. The quantitative estimate of drug-likeness (QED) is 0.210. The molecule has 0 amide bonds. The van der Waals surface area contributed by atoms with Gasteiger partial charge in [0, 0.05) is 48.2 Å². The van der Waals surface area contributed by atoms with Gasteiger partial charge in [-0.25, -0.2) is 0 Å². The van der Waals surface area contributed by atoms with Crippen LogP contribution in [-0.4, -0.2) is 10.6 Å². The van der Waals surface area contributed by atoms with Crippen molar-refractivity contribution in [2.45, 2.75) is 12.0 Å². The number of thiophene rings is 1. The molecule has 6 aromatic carbocycles. The summed E-state index contributed by atoms with van der Waals surface area (Å²) in [6, 6.07) is 52.7. The molecule has 2 heterocycles. The molecule has 2 nitrogen and oxygen atoms in total. The summed E-state index contributed by atoms with van der Waals surface area (Å²) in [4.78, 5) is 0. The monoisotopic (exact) mass is 594 g/mol. The largest absolute Gasteiger partial charge is 0.378 e. The minimum atomic E-state index is 0.153. The third-order valence-corrected chi connectivity index (χ3v) is 10.3. The SMILES string of the molecule is C1=CC(Nc2ccccc2)C(c2ccccc2)C=C1c1ccc2c(c1)c1c3sc4ccccc4c3ccc1n2-c1ccccc1. The molecule has 0 aliphatic heterocycles. The Balaban J connectivity index is 1.24. The normalized spacial score (nSPS) is 16.5. The lowest BCUT2D eigenvalue weighted by Gasteiger charge is -2.28. The Morgan fingerprint density at radius 3 is 2.13 bits per heavy atom. The van der Waals surface area contributed by atoms with Crippen LogP contribution in [0.4, 0.5) is 5.69 Å². The number of anilines is 1. The molecule has 1 aliphatic carbocycles. The van der Waals surface area contributed by atoms with Gasteiger partial charge in [-0.1, -0.05) is 115 Å². The summed E-state index contributed by atoms with van der Waals surface area (Å²) in [6.07, 6.45) is 7.08. The van der Waals surface area contributed by atoms with E-state index >= 15 is 0 Å². The van der Waals surface area contributed by atoms with Gasteiger partial charge in [-0.3, -0.25) is 0 Å². The van der Waals surface area contributed by atoms with E-state index in [9.17, 15) is 0 Å². The van der Waals surface area contributed by atoms with Crippen molar-refractivity contribution in [2.24, 2.45) is 0 Å². The van der Waals surface area contributed by atoms with Gasteiger partial charge < -0.3 is 9.88 Å². The zero-order chi connectivity index (χ0) is 29.7. The van der Waals surface area contributed by atoms with Crippen molar-refractivity contribution in [2.75, 3.05) is 5.32 Å². The molecule has 2 atom stereocenters. The molecule has 1 aliphatic rings. The van der Waals surface area contributed by atoms with Crippen LogP contribution in [0.25, 0.3) is 53.2 Å². The third-order valence-electron chi connectivity index (χ3n) is 9.14. The summed E-state index contributed by atoms with van der Waals surface area (Å²) in [6.45, 7) is 0. The topological polar surface area (TPSA) is 17.0 Å². The lowest BCUT2D eigenvalue weighted by molar-refractivity contribution is 0.759. The van der Waals surface area contributed by atoms with E-state index in [1.807, 2.05) is 11.3 Å². The van der Waals surface area contributed by atoms with E-state index in [0.717, 1.165) is 5.69 Å². The Morgan fingerprint density at radius 2 is 1.31 bits per heavy atom. The van der Waals surface area contributed by atoms with E-state index in [4.69, 9.17) is 0 Å². The van der Waals surface area contributed by atoms with Crippen LogP contribution in [0.3, 0.4) is 0 Å². The minimum absolute atomic E-state index is 0.153. The molecule has 2 aromatic heterocycles. The first-order valence-corrected chi connectivity index (χ1v) is 16.3. The summed E-state index contributed by atoms with van der Waals surface area (Å²) >= 11 is 1.90. The lowest BCUT2D eigenvalue weighted by Crippen LogP contribution is -2.26. The second-order valence-electron chi connectivity index (χ2n) is 11.8. The van der Waals surface area contributed by atoms with Gasteiger partial charge in [-0.2, -0.15) is 0 Å². The maximum Gasteiger partial charge on any atom is 0.0555 e. The molecule has 9 rings (SSSR count). The first-order chi connectivity index (χ1) is 22.3. The van der Waals surface area contributed by atoms with Crippen LogP contribution >= 0.6 is 11.3 Å². The van der Waals surface area contributed by atoms with E-state index in [1.54, 1.807) is 0 Å². The molecule has 0 radical (unpaired) electrons. The van der Waals surface area contributed by atoms with Crippen molar-refractivity contribution in [3.05, 3.63) is 175 Å². The van der Waals surface area contributed by atoms with Gasteiger partial charge in [0.25, 0.3) is 0 Å². The molecule has 3 heteroatoms. The smallest absolute Gasteiger partial charge is 0.0555 e. The molecule has 0 spiro atoms. The van der Waals surface area contributed by atoms with Crippen LogP contribution in [0.5, 0.6) is 0 Å². The average molecular weight is 595 g/mol. The second kappa shape index (κ2) is 10.7. The van der Waals surface area contributed by atoms with E-state index in [1.165, 1.54) is 64.4 Å². The van der Waals surface area contributed by atoms with E-state index in [0.29, 0.717) is 0 Å². The number of hydrogen-bond acceptors (Lipinski definition) is 2. The predicted octanol–water partition coefficient (Wildman–Crippen LogP) is 11.4. The van der Waals surface area contributed by atoms with Crippen molar-refractivity contribution in [1.82, 2.24) is 4.57 Å². The summed E-state index contributed by atoms with van der Waals surface area (Å²) in [5.74, 6) is 0.196. The molecule has 2 unspecified atom stereocenters. The van der Waals surface area contributed by atoms with Gasteiger partial charge in [-0.15, -0.1) is 11.3 Å². The van der Waals surface area contributed by atoms with Crippen molar-refractivity contribution >= 4 is 64.6 Å². The van der Waals surface area contributed by atoms with Crippen LogP contribution < -0.4 is 5.32 Å². The Bertz CT molecular complexity index is 2400. The summed E-state index contributed by atoms with van der Waals surface area (Å²) < 4.78 is 5.11. The highest BCUT2D eigenvalue weighted by atomic mass is 32.1. The van der Waals surface area contributed by atoms with Crippen LogP contribution in [0.1, 0.15) is 17.0 Å². The van der Waals surface area contributed by atoms with E-state index < -0.39 is 0 Å². The van der Waals surface area contributed by atoms with E-state index in [-0.39, 0.29) is 12.0 Å². The van der Waals surface area contributed by atoms with Crippen LogP contribution in [-0.2, 0) is 0 Å². The van der Waals surface area contributed by atoms with E-state index in [2.05, 4.69) is 174 Å². The zero-order valence-corrected chi connectivity index (χ0v) is 25.4. The highest BCUT2D eigenvalue weighted by molar-refractivity contribution is 7.26. The fourth-order valence-corrected chi connectivity index (χ4v) is 8.30. The molecule has 8 aromatic rings. The number of nitrogens with zero attached hydrogens (tertiary/aromatic N) is 1. The lowest BCUT2D eigenvalue weighted by atomic mass is 9.83. The molecule has 0 saturated carbocycles. The molecule has 45 heavy (non-hydrogen) atoms. The number of allylic oxidation sites excluding steroid dienone is 2. The Labute approximate surface area is 266 Å². The summed E-state index contributed by atoms with van der Waals surface area (Å²) in [7, 11) is 0. The molecular formula is C42H30N2S. The zero-order valence-electron chi connectivity index (χ0n) is 24.6. The average Bonchev–Trinajstić information content (AvgIpc) is 3.65. The Kier molecular flexibility index (Phi) is 6.17. The predicted molar refractivity (Wildman–Crippen MR) is 194 cm³/mol. The van der Waals surface area contributed by atoms with Crippen molar-refractivity contribution in [1.29, 1.82) is 0 Å². The van der Waals surface area contributed by atoms with Crippen LogP contribution in [0.2, 0.25) is 0 Å². The van der Waals surface area contributed by atoms with Crippen LogP contribution in [0.15, 0.2) is 164 Å². The Morgan fingerprint density at radius 1 is 0.600 bits per heavy atom. The number of hydrogen-bond donors (Lipinski definition) is 1. The molecule has 0 fully saturated rings. The first kappa shape index (κ1) is 26.1. The van der Waals surface area contributed by atoms with Gasteiger partial charge in [0.05, 0.1) is 17.1 Å². The van der Waals surface area contributed by atoms with Crippen LogP contribution in [0, 0.1) is 0 Å². The fraction of sp³-hybridized carbons (Fsp3) is 0.0476. The Hall–Kier alpha value is -5.38. The van der Waals surface area contributed by atoms with Gasteiger partial charge in [0.1, 0.15) is 0 Å².